The number of imidazole rings is 1. The van der Waals surface area contributed by atoms with Crippen LogP contribution in [0.4, 0.5) is 0 Å². The van der Waals surface area contributed by atoms with Gasteiger partial charge in [0.25, 0.3) is 0 Å². The van der Waals surface area contributed by atoms with Crippen LogP contribution in [-0.4, -0.2) is 15.3 Å². The van der Waals surface area contributed by atoms with E-state index in [9.17, 15) is 0 Å². The molecule has 0 aromatic carbocycles. The van der Waals surface area contributed by atoms with Crippen LogP contribution in [0, 0.1) is 0 Å². The fourth-order valence-electron chi connectivity index (χ4n) is 1.83. The molecule has 1 heterocycles. The van der Waals surface area contributed by atoms with Crippen LogP contribution in [0.3, 0.4) is 0 Å². The second-order valence-corrected chi connectivity index (χ2v) is 3.71. The average molecular weight is 182 g/mol. The van der Waals surface area contributed by atoms with E-state index in [0.29, 0.717) is 0 Å². The highest BCUT2D eigenvalue weighted by molar-refractivity contribution is 7.80. The van der Waals surface area contributed by atoms with Gasteiger partial charge in [0.05, 0.1) is 12.0 Å². The Kier molecular flexibility index (Phi) is 2.40. The van der Waals surface area contributed by atoms with Crippen molar-refractivity contribution in [1.29, 1.82) is 0 Å². The minimum Gasteiger partial charge on any atom is -0.334 e. The Morgan fingerprint density at radius 1 is 1.42 bits per heavy atom. The average Bonchev–Trinajstić information content (AvgIpc) is 2.50. The summed E-state index contributed by atoms with van der Waals surface area (Å²) in [6.07, 6.45) is 6.99. The van der Waals surface area contributed by atoms with Crippen LogP contribution < -0.4 is 0 Å². The van der Waals surface area contributed by atoms with Crippen LogP contribution in [0.25, 0.3) is 0 Å². The van der Waals surface area contributed by atoms with Gasteiger partial charge in [0.1, 0.15) is 0 Å². The van der Waals surface area contributed by atoms with E-state index in [0.717, 1.165) is 12.3 Å². The molecule has 1 aromatic heterocycles. The number of fused-ring (bicyclic) bond motifs is 1. The summed E-state index contributed by atoms with van der Waals surface area (Å²) in [5.74, 6) is 0.906. The Bertz CT molecular complexity index is 267. The second kappa shape index (κ2) is 3.52. The summed E-state index contributed by atoms with van der Waals surface area (Å²) in [6.45, 7) is 1.01. The van der Waals surface area contributed by atoms with Gasteiger partial charge in [0.15, 0.2) is 0 Å². The van der Waals surface area contributed by atoms with E-state index < -0.39 is 0 Å². The zero-order valence-corrected chi connectivity index (χ0v) is 8.06. The molecule has 12 heavy (non-hydrogen) atoms. The Labute approximate surface area is 78.4 Å². The molecule has 3 heteroatoms. The molecule has 66 valence electrons. The maximum absolute atomic E-state index is 4.40. The van der Waals surface area contributed by atoms with Gasteiger partial charge in [-0.3, -0.25) is 0 Å². The Balaban J connectivity index is 2.25. The number of aromatic nitrogens is 2. The molecular formula is C9H14N2S. The predicted molar refractivity (Wildman–Crippen MR) is 52.7 cm³/mol. The van der Waals surface area contributed by atoms with E-state index in [4.69, 9.17) is 0 Å². The normalized spacial score (nSPS) is 16.1. The van der Waals surface area contributed by atoms with E-state index >= 15 is 0 Å². The van der Waals surface area contributed by atoms with Crippen molar-refractivity contribution in [3.05, 3.63) is 17.7 Å². The lowest BCUT2D eigenvalue weighted by atomic mass is 10.0. The van der Waals surface area contributed by atoms with Gasteiger partial charge in [-0.1, -0.05) is 0 Å². The minimum absolute atomic E-state index is 0.906. The quantitative estimate of drug-likeness (QED) is 0.689. The fourth-order valence-corrected chi connectivity index (χ4v) is 2.05. The molecule has 0 aliphatic heterocycles. The number of hydrogen-bond acceptors (Lipinski definition) is 2. The summed E-state index contributed by atoms with van der Waals surface area (Å²) in [5.41, 5.74) is 2.78. The van der Waals surface area contributed by atoms with Crippen molar-refractivity contribution >= 4 is 12.6 Å². The molecule has 0 spiro atoms. The molecule has 0 bridgehead atoms. The number of thiol groups is 1. The van der Waals surface area contributed by atoms with Gasteiger partial charge in [0.2, 0.25) is 0 Å². The van der Waals surface area contributed by atoms with E-state index in [1.54, 1.807) is 0 Å². The number of aryl methyl sites for hydroxylation is 2. The highest BCUT2D eigenvalue weighted by Gasteiger charge is 2.13. The highest BCUT2D eigenvalue weighted by Crippen LogP contribution is 2.19. The Morgan fingerprint density at radius 2 is 2.25 bits per heavy atom. The molecule has 0 amide bonds. The maximum atomic E-state index is 4.40. The summed E-state index contributed by atoms with van der Waals surface area (Å²) < 4.78 is 2.25. The Morgan fingerprint density at radius 3 is 3.08 bits per heavy atom. The predicted octanol–water partition coefficient (Wildman–Crippen LogP) is 1.69. The lowest BCUT2D eigenvalue weighted by Crippen LogP contribution is -2.08. The number of nitrogens with zero attached hydrogens (tertiary/aromatic N) is 2. The summed E-state index contributed by atoms with van der Waals surface area (Å²) in [4.78, 5) is 4.40. The SMILES string of the molecule is SCCn1cnc2c1CCCC2. The molecule has 1 aromatic rings. The third-order valence-electron chi connectivity index (χ3n) is 2.45. The molecule has 1 aliphatic carbocycles. The summed E-state index contributed by atoms with van der Waals surface area (Å²) in [7, 11) is 0. The summed E-state index contributed by atoms with van der Waals surface area (Å²) in [6, 6.07) is 0. The summed E-state index contributed by atoms with van der Waals surface area (Å²) >= 11 is 4.23. The van der Waals surface area contributed by atoms with Gasteiger partial charge in [-0.05, 0) is 25.7 Å². The third kappa shape index (κ3) is 1.38. The molecule has 2 nitrogen and oxygen atoms in total. The van der Waals surface area contributed by atoms with E-state index in [1.807, 2.05) is 6.33 Å². The maximum Gasteiger partial charge on any atom is 0.0951 e. The number of rotatable bonds is 2. The van der Waals surface area contributed by atoms with Crippen molar-refractivity contribution in [3.8, 4) is 0 Å². The Hall–Kier alpha value is -0.440. The fraction of sp³-hybridized carbons (Fsp3) is 0.667. The van der Waals surface area contributed by atoms with Gasteiger partial charge in [0, 0.05) is 18.0 Å². The van der Waals surface area contributed by atoms with E-state index in [1.165, 1.54) is 37.1 Å². The molecule has 0 fully saturated rings. The number of hydrogen-bond donors (Lipinski definition) is 1. The van der Waals surface area contributed by atoms with Crippen molar-refractivity contribution in [2.45, 2.75) is 32.2 Å². The zero-order chi connectivity index (χ0) is 8.39. The van der Waals surface area contributed by atoms with Crippen molar-refractivity contribution in [3.63, 3.8) is 0 Å². The van der Waals surface area contributed by atoms with Crippen molar-refractivity contribution in [2.24, 2.45) is 0 Å². The molecular weight excluding hydrogens is 168 g/mol. The smallest absolute Gasteiger partial charge is 0.0951 e. The standard InChI is InChI=1S/C9H14N2S/c12-6-5-11-7-10-8-3-1-2-4-9(8)11/h7,12H,1-6H2. The van der Waals surface area contributed by atoms with Crippen LogP contribution in [0.1, 0.15) is 24.2 Å². The first-order chi connectivity index (χ1) is 5.92. The molecule has 2 rings (SSSR count). The largest absolute Gasteiger partial charge is 0.334 e. The van der Waals surface area contributed by atoms with Crippen molar-refractivity contribution in [1.82, 2.24) is 9.55 Å². The van der Waals surface area contributed by atoms with Crippen molar-refractivity contribution in [2.75, 3.05) is 5.75 Å². The van der Waals surface area contributed by atoms with Gasteiger partial charge < -0.3 is 4.57 Å². The first kappa shape index (κ1) is 8.17. The molecule has 0 unspecified atom stereocenters. The van der Waals surface area contributed by atoms with Gasteiger partial charge in [-0.15, -0.1) is 0 Å². The molecule has 1 aliphatic rings. The van der Waals surface area contributed by atoms with Crippen LogP contribution in [0.2, 0.25) is 0 Å². The highest BCUT2D eigenvalue weighted by atomic mass is 32.1. The molecule has 0 saturated carbocycles. The topological polar surface area (TPSA) is 17.8 Å². The first-order valence-corrected chi connectivity index (χ1v) is 5.19. The molecule has 0 radical (unpaired) electrons. The van der Waals surface area contributed by atoms with Gasteiger partial charge in [-0.25, -0.2) is 4.98 Å². The monoisotopic (exact) mass is 182 g/mol. The van der Waals surface area contributed by atoms with Crippen LogP contribution in [-0.2, 0) is 19.4 Å². The first-order valence-electron chi connectivity index (χ1n) is 4.55. The second-order valence-electron chi connectivity index (χ2n) is 3.26. The van der Waals surface area contributed by atoms with Crippen LogP contribution >= 0.6 is 12.6 Å². The zero-order valence-electron chi connectivity index (χ0n) is 7.16. The molecule has 0 atom stereocenters. The minimum atomic E-state index is 0.906. The summed E-state index contributed by atoms with van der Waals surface area (Å²) in [5, 5.41) is 0. The van der Waals surface area contributed by atoms with E-state index in [2.05, 4.69) is 22.2 Å². The van der Waals surface area contributed by atoms with Crippen LogP contribution in [0.5, 0.6) is 0 Å². The third-order valence-corrected chi connectivity index (χ3v) is 2.65. The molecule has 0 N–H and O–H groups in total. The van der Waals surface area contributed by atoms with E-state index in [-0.39, 0.29) is 0 Å². The molecule has 0 saturated heterocycles. The van der Waals surface area contributed by atoms with Crippen LogP contribution in [0.15, 0.2) is 6.33 Å². The van der Waals surface area contributed by atoms with Gasteiger partial charge in [-0.2, -0.15) is 12.6 Å². The van der Waals surface area contributed by atoms with Crippen molar-refractivity contribution < 1.29 is 0 Å². The lowest BCUT2D eigenvalue weighted by molar-refractivity contribution is 0.623. The lowest BCUT2D eigenvalue weighted by Gasteiger charge is -2.12. The van der Waals surface area contributed by atoms with Gasteiger partial charge >= 0.3 is 0 Å².